The van der Waals surface area contributed by atoms with Crippen LogP contribution in [0.3, 0.4) is 0 Å². The van der Waals surface area contributed by atoms with Crippen LogP contribution in [0.1, 0.15) is 37.7 Å². The third-order valence-electron chi connectivity index (χ3n) is 4.13. The van der Waals surface area contributed by atoms with Gasteiger partial charge in [-0.15, -0.1) is 0 Å². The molecular formula is C15H21NO2. The number of anilines is 1. The van der Waals surface area contributed by atoms with Crippen LogP contribution in [0.25, 0.3) is 0 Å². The second-order valence-corrected chi connectivity index (χ2v) is 5.46. The van der Waals surface area contributed by atoms with Crippen molar-refractivity contribution in [1.29, 1.82) is 0 Å². The minimum atomic E-state index is -0.596. The first-order chi connectivity index (χ1) is 8.73. The fraction of sp³-hybridized carbons (Fsp3) is 0.600. The molecule has 0 spiro atoms. The minimum Gasteiger partial charge on any atom is -0.497 e. The van der Waals surface area contributed by atoms with Gasteiger partial charge in [-0.05, 0) is 50.3 Å². The zero-order valence-corrected chi connectivity index (χ0v) is 11.0. The predicted octanol–water partition coefficient (Wildman–Crippen LogP) is 2.67. The summed E-state index contributed by atoms with van der Waals surface area (Å²) in [6.45, 7) is 2.21. The van der Waals surface area contributed by atoms with E-state index in [0.717, 1.165) is 37.2 Å². The molecule has 0 atom stereocenters. The Morgan fingerprint density at radius 1 is 1.17 bits per heavy atom. The van der Waals surface area contributed by atoms with E-state index in [-0.39, 0.29) is 0 Å². The molecule has 2 aliphatic rings. The van der Waals surface area contributed by atoms with Crippen molar-refractivity contribution in [3.05, 3.63) is 23.8 Å². The lowest BCUT2D eigenvalue weighted by Crippen LogP contribution is -2.31. The molecule has 1 saturated heterocycles. The summed E-state index contributed by atoms with van der Waals surface area (Å²) in [5.74, 6) is 0.839. The van der Waals surface area contributed by atoms with Gasteiger partial charge in [0, 0.05) is 24.3 Å². The topological polar surface area (TPSA) is 32.7 Å². The van der Waals surface area contributed by atoms with Gasteiger partial charge in [-0.1, -0.05) is 0 Å². The van der Waals surface area contributed by atoms with Gasteiger partial charge in [-0.2, -0.15) is 0 Å². The van der Waals surface area contributed by atoms with Crippen molar-refractivity contribution in [2.45, 2.75) is 37.7 Å². The number of piperidine rings is 1. The molecular weight excluding hydrogens is 226 g/mol. The van der Waals surface area contributed by atoms with Crippen LogP contribution in [0, 0.1) is 0 Å². The Kier molecular flexibility index (Phi) is 2.94. The molecule has 2 fully saturated rings. The molecule has 0 radical (unpaired) electrons. The first-order valence-corrected chi connectivity index (χ1v) is 6.89. The summed E-state index contributed by atoms with van der Waals surface area (Å²) in [4.78, 5) is 2.41. The van der Waals surface area contributed by atoms with Crippen LogP contribution in [0.4, 0.5) is 5.69 Å². The first-order valence-electron chi connectivity index (χ1n) is 6.89. The standard InChI is InChI=1S/C15H21NO2/c1-18-12-5-6-14(16-9-3-2-4-10-16)13(11-12)15(17)7-8-15/h5-6,11,17H,2-4,7-10H2,1H3. The molecule has 1 heterocycles. The molecule has 3 rings (SSSR count). The highest BCUT2D eigenvalue weighted by Gasteiger charge is 2.44. The Morgan fingerprint density at radius 3 is 2.50 bits per heavy atom. The summed E-state index contributed by atoms with van der Waals surface area (Å²) in [6.07, 6.45) is 5.59. The smallest absolute Gasteiger partial charge is 0.119 e. The van der Waals surface area contributed by atoms with E-state index >= 15 is 0 Å². The van der Waals surface area contributed by atoms with E-state index in [9.17, 15) is 5.11 Å². The Bertz CT molecular complexity index is 434. The van der Waals surface area contributed by atoms with Gasteiger partial charge in [0.05, 0.1) is 12.7 Å². The molecule has 0 bridgehead atoms. The van der Waals surface area contributed by atoms with Gasteiger partial charge in [-0.25, -0.2) is 0 Å². The van der Waals surface area contributed by atoms with Gasteiger partial charge in [0.25, 0.3) is 0 Å². The van der Waals surface area contributed by atoms with E-state index in [2.05, 4.69) is 11.0 Å². The number of methoxy groups -OCH3 is 1. The SMILES string of the molecule is COc1ccc(N2CCCCC2)c(C2(O)CC2)c1. The lowest BCUT2D eigenvalue weighted by Gasteiger charge is -2.32. The molecule has 1 aromatic carbocycles. The summed E-state index contributed by atoms with van der Waals surface area (Å²) in [5.41, 5.74) is 1.67. The predicted molar refractivity (Wildman–Crippen MR) is 72.2 cm³/mol. The zero-order valence-electron chi connectivity index (χ0n) is 11.0. The Hall–Kier alpha value is -1.22. The molecule has 1 aliphatic carbocycles. The van der Waals surface area contributed by atoms with E-state index in [4.69, 9.17) is 4.74 Å². The Labute approximate surface area is 108 Å². The average molecular weight is 247 g/mol. The van der Waals surface area contributed by atoms with Gasteiger partial charge in [0.2, 0.25) is 0 Å². The van der Waals surface area contributed by atoms with Gasteiger partial charge in [0.15, 0.2) is 0 Å². The highest BCUT2D eigenvalue weighted by Crippen LogP contribution is 2.50. The van der Waals surface area contributed by atoms with Gasteiger partial charge in [-0.3, -0.25) is 0 Å². The van der Waals surface area contributed by atoms with E-state index < -0.39 is 5.60 Å². The summed E-state index contributed by atoms with van der Waals surface area (Å²) in [6, 6.07) is 6.12. The van der Waals surface area contributed by atoms with Crippen LogP contribution < -0.4 is 9.64 Å². The minimum absolute atomic E-state index is 0.596. The van der Waals surface area contributed by atoms with Crippen molar-refractivity contribution in [2.24, 2.45) is 0 Å². The second kappa shape index (κ2) is 4.47. The Balaban J connectivity index is 1.96. The fourth-order valence-electron chi connectivity index (χ4n) is 2.81. The normalized spacial score (nSPS) is 21.8. The average Bonchev–Trinajstić information content (AvgIpc) is 3.18. The summed E-state index contributed by atoms with van der Waals surface area (Å²) in [5, 5.41) is 10.4. The molecule has 1 saturated carbocycles. The number of ether oxygens (including phenoxy) is 1. The van der Waals surface area contributed by atoms with E-state index in [1.807, 2.05) is 12.1 Å². The third-order valence-corrected chi connectivity index (χ3v) is 4.13. The number of aliphatic hydroxyl groups is 1. The molecule has 0 aromatic heterocycles. The zero-order chi connectivity index (χ0) is 12.6. The molecule has 0 amide bonds. The number of benzene rings is 1. The highest BCUT2D eigenvalue weighted by atomic mass is 16.5. The summed E-state index contributed by atoms with van der Waals surface area (Å²) >= 11 is 0. The molecule has 0 unspecified atom stereocenters. The van der Waals surface area contributed by atoms with Crippen LogP contribution in [0.15, 0.2) is 18.2 Å². The van der Waals surface area contributed by atoms with E-state index in [1.54, 1.807) is 7.11 Å². The van der Waals surface area contributed by atoms with E-state index in [1.165, 1.54) is 24.9 Å². The van der Waals surface area contributed by atoms with E-state index in [0.29, 0.717) is 0 Å². The lowest BCUT2D eigenvalue weighted by molar-refractivity contribution is 0.151. The van der Waals surface area contributed by atoms with Crippen molar-refractivity contribution < 1.29 is 9.84 Å². The molecule has 1 N–H and O–H groups in total. The molecule has 3 nitrogen and oxygen atoms in total. The third kappa shape index (κ3) is 2.07. The maximum absolute atomic E-state index is 10.4. The van der Waals surface area contributed by atoms with Crippen molar-refractivity contribution in [3.63, 3.8) is 0 Å². The fourth-order valence-corrected chi connectivity index (χ4v) is 2.81. The van der Waals surface area contributed by atoms with Crippen molar-refractivity contribution in [1.82, 2.24) is 0 Å². The number of hydrogen-bond donors (Lipinski definition) is 1. The van der Waals surface area contributed by atoms with Crippen molar-refractivity contribution in [3.8, 4) is 5.75 Å². The first kappa shape index (κ1) is 11.8. The van der Waals surface area contributed by atoms with Crippen LogP contribution in [0.5, 0.6) is 5.75 Å². The van der Waals surface area contributed by atoms with Gasteiger partial charge >= 0.3 is 0 Å². The number of hydrogen-bond acceptors (Lipinski definition) is 3. The summed E-state index contributed by atoms with van der Waals surface area (Å²) < 4.78 is 5.29. The monoisotopic (exact) mass is 247 g/mol. The second-order valence-electron chi connectivity index (χ2n) is 5.46. The number of nitrogens with zero attached hydrogens (tertiary/aromatic N) is 1. The molecule has 1 aromatic rings. The maximum Gasteiger partial charge on any atom is 0.119 e. The van der Waals surface area contributed by atoms with Crippen LogP contribution in [-0.4, -0.2) is 25.3 Å². The van der Waals surface area contributed by atoms with Crippen LogP contribution >= 0.6 is 0 Å². The van der Waals surface area contributed by atoms with Crippen molar-refractivity contribution >= 4 is 5.69 Å². The maximum atomic E-state index is 10.4. The number of rotatable bonds is 3. The van der Waals surface area contributed by atoms with Crippen LogP contribution in [0.2, 0.25) is 0 Å². The molecule has 3 heteroatoms. The highest BCUT2D eigenvalue weighted by molar-refractivity contribution is 5.60. The molecule has 1 aliphatic heterocycles. The van der Waals surface area contributed by atoms with Crippen LogP contribution in [-0.2, 0) is 5.60 Å². The molecule has 18 heavy (non-hydrogen) atoms. The van der Waals surface area contributed by atoms with Gasteiger partial charge < -0.3 is 14.7 Å². The quantitative estimate of drug-likeness (QED) is 0.891. The van der Waals surface area contributed by atoms with Gasteiger partial charge in [0.1, 0.15) is 5.75 Å². The summed E-state index contributed by atoms with van der Waals surface area (Å²) in [7, 11) is 1.68. The largest absolute Gasteiger partial charge is 0.497 e. The molecule has 98 valence electrons. The Morgan fingerprint density at radius 2 is 1.89 bits per heavy atom. The van der Waals surface area contributed by atoms with Crippen molar-refractivity contribution in [2.75, 3.05) is 25.1 Å². The lowest BCUT2D eigenvalue weighted by atomic mass is 10.0.